The molecule has 3 rings (SSSR count). The number of nitrogens with zero attached hydrogens (tertiary/aromatic N) is 3. The lowest BCUT2D eigenvalue weighted by Gasteiger charge is -2.14. The van der Waals surface area contributed by atoms with Gasteiger partial charge < -0.3 is 10.0 Å². The van der Waals surface area contributed by atoms with Crippen molar-refractivity contribution in [2.24, 2.45) is 11.8 Å². The standard InChI is InChI=1S/C17H19N3O3/c1-11-8-19(10-14(11)17(22)23)16(21)15-12(2)9-20(18-15)13-6-4-3-5-7-13/h3-7,9,11,14H,8,10H2,1-2H3,(H,22,23)/t11-,14-/m1/s1. The molecule has 2 aromatic rings. The predicted molar refractivity (Wildman–Crippen MR) is 84.5 cm³/mol. The zero-order valence-electron chi connectivity index (χ0n) is 13.1. The predicted octanol–water partition coefficient (Wildman–Crippen LogP) is 1.97. The average Bonchev–Trinajstić information content (AvgIpc) is 3.11. The van der Waals surface area contributed by atoms with Gasteiger partial charge in [-0.25, -0.2) is 4.68 Å². The van der Waals surface area contributed by atoms with Gasteiger partial charge in [-0.1, -0.05) is 25.1 Å². The highest BCUT2D eigenvalue weighted by atomic mass is 16.4. The van der Waals surface area contributed by atoms with E-state index in [1.807, 2.05) is 50.4 Å². The zero-order chi connectivity index (χ0) is 16.6. The van der Waals surface area contributed by atoms with Crippen molar-refractivity contribution in [1.29, 1.82) is 0 Å². The quantitative estimate of drug-likeness (QED) is 0.940. The first-order valence-corrected chi connectivity index (χ1v) is 7.61. The highest BCUT2D eigenvalue weighted by Gasteiger charge is 2.38. The number of aryl methyl sites for hydroxylation is 1. The molecule has 0 saturated carbocycles. The summed E-state index contributed by atoms with van der Waals surface area (Å²) >= 11 is 0. The van der Waals surface area contributed by atoms with Crippen LogP contribution in [0.5, 0.6) is 0 Å². The third kappa shape index (κ3) is 2.84. The number of amides is 1. The molecule has 0 radical (unpaired) electrons. The van der Waals surface area contributed by atoms with E-state index in [4.69, 9.17) is 0 Å². The molecule has 2 heterocycles. The molecule has 0 bridgehead atoms. The summed E-state index contributed by atoms with van der Waals surface area (Å²) in [5, 5.41) is 13.6. The average molecular weight is 313 g/mol. The summed E-state index contributed by atoms with van der Waals surface area (Å²) in [6, 6.07) is 9.57. The number of rotatable bonds is 3. The zero-order valence-corrected chi connectivity index (χ0v) is 13.1. The maximum absolute atomic E-state index is 12.7. The second kappa shape index (κ2) is 5.87. The van der Waals surface area contributed by atoms with E-state index in [9.17, 15) is 14.7 Å². The van der Waals surface area contributed by atoms with E-state index in [1.165, 1.54) is 0 Å². The van der Waals surface area contributed by atoms with E-state index in [-0.39, 0.29) is 18.4 Å². The Labute approximate surface area is 134 Å². The summed E-state index contributed by atoms with van der Waals surface area (Å²) in [6.07, 6.45) is 1.82. The molecular weight excluding hydrogens is 294 g/mol. The number of aromatic nitrogens is 2. The van der Waals surface area contributed by atoms with Crippen molar-refractivity contribution in [2.75, 3.05) is 13.1 Å². The van der Waals surface area contributed by atoms with E-state index >= 15 is 0 Å². The van der Waals surface area contributed by atoms with Crippen molar-refractivity contribution in [1.82, 2.24) is 14.7 Å². The van der Waals surface area contributed by atoms with Gasteiger partial charge in [-0.15, -0.1) is 0 Å². The van der Waals surface area contributed by atoms with Crippen molar-refractivity contribution in [2.45, 2.75) is 13.8 Å². The number of hydrogen-bond acceptors (Lipinski definition) is 3. The number of carbonyl (C=O) groups excluding carboxylic acids is 1. The van der Waals surface area contributed by atoms with Gasteiger partial charge in [-0.2, -0.15) is 5.10 Å². The van der Waals surface area contributed by atoms with Gasteiger partial charge in [-0.05, 0) is 25.0 Å². The van der Waals surface area contributed by atoms with Crippen LogP contribution in [-0.4, -0.2) is 44.8 Å². The largest absolute Gasteiger partial charge is 0.481 e. The molecule has 0 unspecified atom stereocenters. The summed E-state index contributed by atoms with van der Waals surface area (Å²) in [5.74, 6) is -1.60. The van der Waals surface area contributed by atoms with Crippen LogP contribution in [0.4, 0.5) is 0 Å². The highest BCUT2D eigenvalue weighted by Crippen LogP contribution is 2.25. The minimum absolute atomic E-state index is 0.0482. The Morgan fingerprint density at radius 2 is 1.91 bits per heavy atom. The first kappa shape index (κ1) is 15.3. The lowest BCUT2D eigenvalue weighted by molar-refractivity contribution is -0.142. The Morgan fingerprint density at radius 1 is 1.22 bits per heavy atom. The molecule has 6 nitrogen and oxygen atoms in total. The molecule has 1 saturated heterocycles. The van der Waals surface area contributed by atoms with Crippen LogP contribution < -0.4 is 0 Å². The summed E-state index contributed by atoms with van der Waals surface area (Å²) in [7, 11) is 0. The normalized spacial score (nSPS) is 20.7. The van der Waals surface area contributed by atoms with Gasteiger partial charge in [0, 0.05) is 24.8 Å². The van der Waals surface area contributed by atoms with E-state index in [0.29, 0.717) is 12.2 Å². The van der Waals surface area contributed by atoms with Crippen LogP contribution in [0.2, 0.25) is 0 Å². The first-order valence-electron chi connectivity index (χ1n) is 7.61. The molecule has 6 heteroatoms. The number of hydrogen-bond donors (Lipinski definition) is 1. The van der Waals surface area contributed by atoms with Gasteiger partial charge in [0.15, 0.2) is 5.69 Å². The number of carboxylic acid groups (broad SMARTS) is 1. The van der Waals surface area contributed by atoms with Gasteiger partial charge in [0.2, 0.25) is 0 Å². The Kier molecular flexibility index (Phi) is 3.90. The molecule has 1 aliphatic heterocycles. The van der Waals surface area contributed by atoms with Crippen LogP contribution in [-0.2, 0) is 4.79 Å². The number of carboxylic acids is 1. The molecule has 1 aliphatic rings. The number of benzene rings is 1. The fraction of sp³-hybridized carbons (Fsp3) is 0.353. The van der Waals surface area contributed by atoms with Crippen LogP contribution in [0.25, 0.3) is 5.69 Å². The van der Waals surface area contributed by atoms with Gasteiger partial charge in [-0.3, -0.25) is 9.59 Å². The van der Waals surface area contributed by atoms with Crippen molar-refractivity contribution >= 4 is 11.9 Å². The van der Waals surface area contributed by atoms with E-state index in [1.54, 1.807) is 9.58 Å². The summed E-state index contributed by atoms with van der Waals surface area (Å²) in [6.45, 7) is 4.40. The molecule has 1 aromatic heterocycles. The van der Waals surface area contributed by atoms with E-state index in [2.05, 4.69) is 5.10 Å². The minimum Gasteiger partial charge on any atom is -0.481 e. The maximum atomic E-state index is 12.7. The Hall–Kier alpha value is -2.63. The molecule has 23 heavy (non-hydrogen) atoms. The van der Waals surface area contributed by atoms with Gasteiger partial charge in [0.05, 0.1) is 11.6 Å². The maximum Gasteiger partial charge on any atom is 0.308 e. The lowest BCUT2D eigenvalue weighted by atomic mass is 9.99. The molecule has 0 aliphatic carbocycles. The van der Waals surface area contributed by atoms with E-state index in [0.717, 1.165) is 11.3 Å². The molecule has 1 aromatic carbocycles. The molecular formula is C17H19N3O3. The fourth-order valence-electron chi connectivity index (χ4n) is 2.99. The SMILES string of the molecule is Cc1cn(-c2ccccc2)nc1C(=O)N1C[C@@H](C)[C@H](C(=O)O)C1. The number of para-hydroxylation sites is 1. The van der Waals surface area contributed by atoms with Crippen molar-refractivity contribution < 1.29 is 14.7 Å². The van der Waals surface area contributed by atoms with Gasteiger partial charge in [0.1, 0.15) is 0 Å². The molecule has 0 spiro atoms. The Bertz CT molecular complexity index is 739. The third-order valence-electron chi connectivity index (χ3n) is 4.34. The highest BCUT2D eigenvalue weighted by molar-refractivity contribution is 5.94. The van der Waals surface area contributed by atoms with Crippen LogP contribution in [0, 0.1) is 18.8 Å². The molecule has 1 N–H and O–H groups in total. The summed E-state index contributed by atoms with van der Waals surface area (Å²) in [4.78, 5) is 25.5. The second-order valence-corrected chi connectivity index (χ2v) is 6.07. The second-order valence-electron chi connectivity index (χ2n) is 6.07. The van der Waals surface area contributed by atoms with E-state index < -0.39 is 11.9 Å². The smallest absolute Gasteiger partial charge is 0.308 e. The Balaban J connectivity index is 1.84. The molecule has 1 fully saturated rings. The van der Waals surface area contributed by atoms with Crippen LogP contribution >= 0.6 is 0 Å². The van der Waals surface area contributed by atoms with Gasteiger partial charge >= 0.3 is 5.97 Å². The third-order valence-corrected chi connectivity index (χ3v) is 4.34. The fourth-order valence-corrected chi connectivity index (χ4v) is 2.99. The van der Waals surface area contributed by atoms with Crippen molar-refractivity contribution in [3.8, 4) is 5.69 Å². The molecule has 120 valence electrons. The Morgan fingerprint density at radius 3 is 2.52 bits per heavy atom. The summed E-state index contributed by atoms with van der Waals surface area (Å²) < 4.78 is 1.68. The number of carbonyl (C=O) groups is 2. The van der Waals surface area contributed by atoms with Crippen molar-refractivity contribution in [3.05, 3.63) is 47.8 Å². The van der Waals surface area contributed by atoms with Gasteiger partial charge in [0.25, 0.3) is 5.91 Å². The molecule has 1 amide bonds. The van der Waals surface area contributed by atoms with Crippen LogP contribution in [0.3, 0.4) is 0 Å². The van der Waals surface area contributed by atoms with Crippen LogP contribution in [0.15, 0.2) is 36.5 Å². The summed E-state index contributed by atoms with van der Waals surface area (Å²) in [5.41, 5.74) is 2.05. The topological polar surface area (TPSA) is 75.4 Å². The number of likely N-dealkylation sites (tertiary alicyclic amines) is 1. The minimum atomic E-state index is -0.848. The number of aliphatic carboxylic acids is 1. The lowest BCUT2D eigenvalue weighted by Crippen LogP contribution is -2.30. The molecule has 2 atom stereocenters. The van der Waals surface area contributed by atoms with Crippen molar-refractivity contribution in [3.63, 3.8) is 0 Å². The first-order chi connectivity index (χ1) is 11.0. The van der Waals surface area contributed by atoms with Crippen LogP contribution in [0.1, 0.15) is 23.0 Å². The monoisotopic (exact) mass is 313 g/mol.